The zero-order valence-electron chi connectivity index (χ0n) is 7.71. The van der Waals surface area contributed by atoms with Crippen LogP contribution in [0.5, 0.6) is 0 Å². The van der Waals surface area contributed by atoms with Crippen LogP contribution in [0.2, 0.25) is 0 Å². The highest BCUT2D eigenvalue weighted by Crippen LogP contribution is 2.35. The summed E-state index contributed by atoms with van der Waals surface area (Å²) in [6, 6.07) is 0. The van der Waals surface area contributed by atoms with Crippen LogP contribution in [0.4, 0.5) is 0 Å². The normalized spacial score (nSPS) is 27.7. The van der Waals surface area contributed by atoms with Gasteiger partial charge in [-0.25, -0.2) is 0 Å². The van der Waals surface area contributed by atoms with Crippen LogP contribution in [-0.2, 0) is 14.3 Å². The van der Waals surface area contributed by atoms with E-state index < -0.39 is 18.0 Å². The SMILES string of the molecule is CCOC(=O)C1(CO)CCCC1=O. The van der Waals surface area contributed by atoms with E-state index in [1.54, 1.807) is 6.92 Å². The molecule has 0 saturated heterocycles. The highest BCUT2D eigenvalue weighted by Gasteiger charge is 2.49. The first-order valence-corrected chi connectivity index (χ1v) is 4.49. The van der Waals surface area contributed by atoms with E-state index in [9.17, 15) is 9.59 Å². The average molecular weight is 186 g/mol. The van der Waals surface area contributed by atoms with Crippen LogP contribution in [-0.4, -0.2) is 30.1 Å². The zero-order chi connectivity index (χ0) is 9.90. The number of Topliss-reactive ketones (excluding diaryl/α,β-unsaturated/α-hetero) is 1. The number of esters is 1. The van der Waals surface area contributed by atoms with E-state index in [0.29, 0.717) is 19.3 Å². The second kappa shape index (κ2) is 3.87. The van der Waals surface area contributed by atoms with Gasteiger partial charge in [0.1, 0.15) is 5.41 Å². The van der Waals surface area contributed by atoms with Crippen molar-refractivity contribution < 1.29 is 19.4 Å². The molecule has 1 saturated carbocycles. The lowest BCUT2D eigenvalue weighted by atomic mass is 9.86. The van der Waals surface area contributed by atoms with Gasteiger partial charge >= 0.3 is 5.97 Å². The third kappa shape index (κ3) is 1.58. The first-order valence-electron chi connectivity index (χ1n) is 4.49. The number of carbonyl (C=O) groups is 2. The molecule has 1 rings (SSSR count). The standard InChI is InChI=1S/C9H14O4/c1-2-13-8(12)9(6-10)5-3-4-7(9)11/h10H,2-6H2,1H3. The Balaban J connectivity index is 2.80. The quantitative estimate of drug-likeness (QED) is 0.508. The number of carbonyl (C=O) groups excluding carboxylic acids is 2. The maximum absolute atomic E-state index is 11.4. The molecule has 1 aliphatic carbocycles. The minimum absolute atomic E-state index is 0.187. The summed E-state index contributed by atoms with van der Waals surface area (Å²) in [7, 11) is 0. The molecule has 1 fully saturated rings. The molecule has 1 atom stereocenters. The molecule has 0 radical (unpaired) electrons. The Morgan fingerprint density at radius 2 is 2.38 bits per heavy atom. The predicted molar refractivity (Wildman–Crippen MR) is 45.0 cm³/mol. The zero-order valence-corrected chi connectivity index (χ0v) is 7.71. The van der Waals surface area contributed by atoms with Crippen molar-refractivity contribution in [3.63, 3.8) is 0 Å². The maximum Gasteiger partial charge on any atom is 0.322 e. The van der Waals surface area contributed by atoms with Crippen molar-refractivity contribution in [2.45, 2.75) is 26.2 Å². The van der Waals surface area contributed by atoms with Crippen LogP contribution >= 0.6 is 0 Å². The third-order valence-electron chi connectivity index (χ3n) is 2.48. The number of rotatable bonds is 3. The first kappa shape index (κ1) is 10.2. The van der Waals surface area contributed by atoms with Gasteiger partial charge in [-0.2, -0.15) is 0 Å². The summed E-state index contributed by atoms with van der Waals surface area (Å²) in [5.41, 5.74) is -1.24. The fourth-order valence-electron chi connectivity index (χ4n) is 1.65. The molecule has 1 N–H and O–H groups in total. The monoisotopic (exact) mass is 186 g/mol. The van der Waals surface area contributed by atoms with Crippen molar-refractivity contribution in [3.05, 3.63) is 0 Å². The van der Waals surface area contributed by atoms with Crippen LogP contribution in [0.25, 0.3) is 0 Å². The van der Waals surface area contributed by atoms with Gasteiger partial charge in [0, 0.05) is 6.42 Å². The molecule has 0 bridgehead atoms. The molecule has 0 aromatic rings. The maximum atomic E-state index is 11.4. The second-order valence-electron chi connectivity index (χ2n) is 3.24. The van der Waals surface area contributed by atoms with Crippen molar-refractivity contribution in [1.82, 2.24) is 0 Å². The summed E-state index contributed by atoms with van der Waals surface area (Å²) in [5.74, 6) is -0.756. The molecule has 74 valence electrons. The van der Waals surface area contributed by atoms with Gasteiger partial charge in [-0.05, 0) is 19.8 Å². The highest BCUT2D eigenvalue weighted by atomic mass is 16.5. The fourth-order valence-corrected chi connectivity index (χ4v) is 1.65. The Morgan fingerprint density at radius 3 is 2.77 bits per heavy atom. The highest BCUT2D eigenvalue weighted by molar-refractivity contribution is 6.05. The molecule has 1 aliphatic rings. The minimum atomic E-state index is -1.24. The molecule has 0 aromatic carbocycles. The lowest BCUT2D eigenvalue weighted by Gasteiger charge is -2.21. The van der Waals surface area contributed by atoms with Crippen molar-refractivity contribution in [1.29, 1.82) is 0 Å². The fraction of sp³-hybridized carbons (Fsp3) is 0.778. The second-order valence-corrected chi connectivity index (χ2v) is 3.24. The topological polar surface area (TPSA) is 63.6 Å². The van der Waals surface area contributed by atoms with Crippen molar-refractivity contribution in [3.8, 4) is 0 Å². The molecule has 0 aliphatic heterocycles. The number of aliphatic hydroxyl groups excluding tert-OH is 1. The lowest BCUT2D eigenvalue weighted by molar-refractivity contribution is -0.161. The number of hydrogen-bond acceptors (Lipinski definition) is 4. The van der Waals surface area contributed by atoms with E-state index in [2.05, 4.69) is 0 Å². The predicted octanol–water partition coefficient (Wildman–Crippen LogP) is 0.281. The van der Waals surface area contributed by atoms with Crippen LogP contribution < -0.4 is 0 Å². The smallest absolute Gasteiger partial charge is 0.322 e. The Kier molecular flexibility index (Phi) is 3.03. The van der Waals surface area contributed by atoms with E-state index in [4.69, 9.17) is 9.84 Å². The summed E-state index contributed by atoms with van der Waals surface area (Å²) < 4.78 is 4.77. The van der Waals surface area contributed by atoms with Crippen molar-refractivity contribution in [2.24, 2.45) is 5.41 Å². The Hall–Kier alpha value is -0.900. The van der Waals surface area contributed by atoms with Gasteiger partial charge in [0.25, 0.3) is 0 Å². The molecule has 0 aromatic heterocycles. The van der Waals surface area contributed by atoms with E-state index in [1.165, 1.54) is 0 Å². The van der Waals surface area contributed by atoms with Gasteiger partial charge in [-0.3, -0.25) is 9.59 Å². The molecule has 4 nitrogen and oxygen atoms in total. The Bertz CT molecular complexity index is 224. The lowest BCUT2D eigenvalue weighted by Crippen LogP contribution is -2.40. The Labute approximate surface area is 76.9 Å². The third-order valence-corrected chi connectivity index (χ3v) is 2.48. The number of hydrogen-bond donors (Lipinski definition) is 1. The number of ether oxygens (including phenoxy) is 1. The first-order chi connectivity index (χ1) is 6.17. The molecule has 0 spiro atoms. The van der Waals surface area contributed by atoms with E-state index in [0.717, 1.165) is 0 Å². The average Bonchev–Trinajstić information content (AvgIpc) is 2.48. The van der Waals surface area contributed by atoms with Gasteiger partial charge < -0.3 is 9.84 Å². The van der Waals surface area contributed by atoms with E-state index in [-0.39, 0.29) is 12.4 Å². The molecule has 0 heterocycles. The molecule has 4 heteroatoms. The van der Waals surface area contributed by atoms with Gasteiger partial charge in [0.2, 0.25) is 0 Å². The summed E-state index contributed by atoms with van der Waals surface area (Å²) in [4.78, 5) is 22.8. The van der Waals surface area contributed by atoms with Crippen molar-refractivity contribution >= 4 is 11.8 Å². The molecular weight excluding hydrogens is 172 g/mol. The van der Waals surface area contributed by atoms with Crippen molar-refractivity contribution in [2.75, 3.05) is 13.2 Å². The largest absolute Gasteiger partial charge is 0.465 e. The van der Waals surface area contributed by atoms with Gasteiger partial charge in [-0.1, -0.05) is 0 Å². The van der Waals surface area contributed by atoms with E-state index in [1.807, 2.05) is 0 Å². The summed E-state index contributed by atoms with van der Waals surface area (Å²) >= 11 is 0. The van der Waals surface area contributed by atoms with Crippen LogP contribution in [0, 0.1) is 5.41 Å². The van der Waals surface area contributed by atoms with E-state index >= 15 is 0 Å². The summed E-state index contributed by atoms with van der Waals surface area (Å²) in [6.45, 7) is 1.50. The minimum Gasteiger partial charge on any atom is -0.465 e. The van der Waals surface area contributed by atoms with Gasteiger partial charge in [0.15, 0.2) is 5.78 Å². The molecule has 1 unspecified atom stereocenters. The van der Waals surface area contributed by atoms with Gasteiger partial charge in [-0.15, -0.1) is 0 Å². The molecule has 13 heavy (non-hydrogen) atoms. The summed E-state index contributed by atoms with van der Waals surface area (Å²) in [6.07, 6.45) is 1.46. The van der Waals surface area contributed by atoms with Crippen LogP contribution in [0.3, 0.4) is 0 Å². The number of ketones is 1. The van der Waals surface area contributed by atoms with Gasteiger partial charge in [0.05, 0.1) is 13.2 Å². The molecular formula is C9H14O4. The number of aliphatic hydroxyl groups is 1. The Morgan fingerprint density at radius 1 is 1.69 bits per heavy atom. The van der Waals surface area contributed by atoms with Crippen LogP contribution in [0.15, 0.2) is 0 Å². The summed E-state index contributed by atoms with van der Waals surface area (Å²) in [5, 5.41) is 9.06. The van der Waals surface area contributed by atoms with Crippen LogP contribution in [0.1, 0.15) is 26.2 Å². The molecule has 0 amide bonds.